The molecule has 1 atom stereocenters. The van der Waals surface area contributed by atoms with Crippen molar-refractivity contribution in [2.45, 2.75) is 31.6 Å². The molecule has 0 amide bonds. The molecule has 1 aromatic heterocycles. The van der Waals surface area contributed by atoms with Gasteiger partial charge in [-0.15, -0.1) is 0 Å². The molecule has 3 rings (SSSR count). The van der Waals surface area contributed by atoms with Gasteiger partial charge in [-0.1, -0.05) is 49.7 Å². The first-order valence-electron chi connectivity index (χ1n) is 9.08. The van der Waals surface area contributed by atoms with Crippen molar-refractivity contribution in [1.29, 1.82) is 0 Å². The fourth-order valence-corrected chi connectivity index (χ4v) is 4.82. The van der Waals surface area contributed by atoms with Gasteiger partial charge in [-0.25, -0.2) is 12.4 Å². The number of carbonyl (C=O) groups is 1. The smallest absolute Gasteiger partial charge is 0.268 e. The maximum atomic E-state index is 13.3. The SMILES string of the molecule is Cc1ccc(S(=O)(=O)n2cc([C@H](C[N+](=O)[O-])C(C)(C)C=O)c3ccccc32)cc1. The molecule has 1 heterocycles. The van der Waals surface area contributed by atoms with Crippen molar-refractivity contribution in [3.8, 4) is 0 Å². The Balaban J connectivity index is 2.28. The molecular formula is C21H22N2O5S. The maximum Gasteiger partial charge on any atom is 0.268 e. The molecule has 0 radical (unpaired) electrons. The van der Waals surface area contributed by atoms with E-state index in [0.29, 0.717) is 22.8 Å². The molecule has 0 saturated carbocycles. The van der Waals surface area contributed by atoms with E-state index >= 15 is 0 Å². The fraction of sp³-hybridized carbons (Fsp3) is 0.286. The van der Waals surface area contributed by atoms with Gasteiger partial charge in [-0.05, 0) is 30.7 Å². The van der Waals surface area contributed by atoms with Crippen LogP contribution in [-0.2, 0) is 14.8 Å². The third-order valence-electron chi connectivity index (χ3n) is 5.20. The van der Waals surface area contributed by atoms with Crippen LogP contribution in [0.15, 0.2) is 59.6 Å². The summed E-state index contributed by atoms with van der Waals surface area (Å²) in [5.74, 6) is -0.783. The first-order chi connectivity index (χ1) is 13.6. The lowest BCUT2D eigenvalue weighted by Gasteiger charge is -2.25. The van der Waals surface area contributed by atoms with Gasteiger partial charge in [0.15, 0.2) is 0 Å². The summed E-state index contributed by atoms with van der Waals surface area (Å²) >= 11 is 0. The number of aldehydes is 1. The second-order valence-corrected chi connectivity index (χ2v) is 9.54. The highest BCUT2D eigenvalue weighted by molar-refractivity contribution is 7.90. The molecule has 0 saturated heterocycles. The summed E-state index contributed by atoms with van der Waals surface area (Å²) in [6.07, 6.45) is 2.10. The van der Waals surface area contributed by atoms with Crippen molar-refractivity contribution in [3.05, 3.63) is 76.0 Å². The number of aromatic nitrogens is 1. The van der Waals surface area contributed by atoms with Gasteiger partial charge in [0.05, 0.1) is 16.3 Å². The van der Waals surface area contributed by atoms with Crippen molar-refractivity contribution in [3.63, 3.8) is 0 Å². The lowest BCUT2D eigenvalue weighted by Crippen LogP contribution is -2.29. The van der Waals surface area contributed by atoms with Crippen LogP contribution in [0.25, 0.3) is 10.9 Å². The molecule has 29 heavy (non-hydrogen) atoms. The van der Waals surface area contributed by atoms with Gasteiger partial charge in [0.1, 0.15) is 6.29 Å². The minimum atomic E-state index is -3.92. The number of hydrogen-bond donors (Lipinski definition) is 0. The molecule has 0 fully saturated rings. The van der Waals surface area contributed by atoms with Crippen LogP contribution in [0.4, 0.5) is 0 Å². The van der Waals surface area contributed by atoms with Crippen molar-refractivity contribution in [2.75, 3.05) is 6.54 Å². The highest BCUT2D eigenvalue weighted by Gasteiger charge is 2.37. The third kappa shape index (κ3) is 3.80. The van der Waals surface area contributed by atoms with Crippen LogP contribution in [0.1, 0.15) is 30.9 Å². The molecule has 7 nitrogen and oxygen atoms in total. The van der Waals surface area contributed by atoms with Crippen LogP contribution in [0.3, 0.4) is 0 Å². The number of hydrogen-bond acceptors (Lipinski definition) is 5. The predicted octanol–water partition coefficient (Wildman–Crippen LogP) is 3.77. The molecule has 0 unspecified atom stereocenters. The first kappa shape index (κ1) is 20.7. The average Bonchev–Trinajstić information content (AvgIpc) is 3.06. The molecule has 0 N–H and O–H groups in total. The molecule has 0 spiro atoms. The zero-order chi connectivity index (χ0) is 21.4. The van der Waals surface area contributed by atoms with Gasteiger partial charge in [0, 0.05) is 21.9 Å². The minimum Gasteiger partial charge on any atom is -0.303 e. The van der Waals surface area contributed by atoms with E-state index in [0.717, 1.165) is 9.54 Å². The minimum absolute atomic E-state index is 0.121. The van der Waals surface area contributed by atoms with Crippen molar-refractivity contribution < 1.29 is 18.1 Å². The number of fused-ring (bicyclic) bond motifs is 1. The van der Waals surface area contributed by atoms with Gasteiger partial charge in [0.25, 0.3) is 10.0 Å². The van der Waals surface area contributed by atoms with Gasteiger partial charge >= 0.3 is 0 Å². The van der Waals surface area contributed by atoms with Crippen molar-refractivity contribution >= 4 is 27.2 Å². The van der Waals surface area contributed by atoms with Crippen LogP contribution < -0.4 is 0 Å². The van der Waals surface area contributed by atoms with Crippen molar-refractivity contribution in [2.24, 2.45) is 5.41 Å². The topological polar surface area (TPSA) is 99.3 Å². The summed E-state index contributed by atoms with van der Waals surface area (Å²) in [6.45, 7) is 4.62. The number of para-hydroxylation sites is 1. The van der Waals surface area contributed by atoms with Gasteiger partial charge < -0.3 is 4.79 Å². The van der Waals surface area contributed by atoms with E-state index in [1.165, 1.54) is 18.3 Å². The number of benzene rings is 2. The Kier molecular flexibility index (Phi) is 5.32. The lowest BCUT2D eigenvalue weighted by atomic mass is 9.76. The second kappa shape index (κ2) is 7.44. The molecule has 0 aliphatic carbocycles. The highest BCUT2D eigenvalue weighted by Crippen LogP contribution is 2.39. The Hall–Kier alpha value is -3.00. The molecule has 0 aliphatic heterocycles. The molecule has 0 bridgehead atoms. The standard InChI is InChI=1S/C21H22N2O5S/c1-15-8-10-16(11-9-15)29(27,28)22-12-18(17-6-4-5-7-20(17)22)19(13-23(25)26)21(2,3)14-24/h4-12,14,19H,13H2,1-3H3/t19-/m0/s1. The molecule has 0 aliphatic rings. The van der Waals surface area contributed by atoms with Crippen LogP contribution in [0, 0.1) is 22.5 Å². The molecule has 152 valence electrons. The number of nitro groups is 1. The summed E-state index contributed by atoms with van der Waals surface area (Å²) in [5.41, 5.74) is 0.763. The quantitative estimate of drug-likeness (QED) is 0.333. The van der Waals surface area contributed by atoms with Gasteiger partial charge in [0.2, 0.25) is 6.54 Å². The van der Waals surface area contributed by atoms with E-state index in [2.05, 4.69) is 0 Å². The highest BCUT2D eigenvalue weighted by atomic mass is 32.2. The number of nitrogens with zero attached hydrogens (tertiary/aromatic N) is 2. The van der Waals surface area contributed by atoms with E-state index in [-0.39, 0.29) is 4.90 Å². The Labute approximate surface area is 169 Å². The zero-order valence-electron chi connectivity index (χ0n) is 16.4. The summed E-state index contributed by atoms with van der Waals surface area (Å²) in [6, 6.07) is 13.3. The van der Waals surface area contributed by atoms with Crippen LogP contribution in [0.2, 0.25) is 0 Å². The number of carbonyl (C=O) groups excluding carboxylic acids is 1. The maximum absolute atomic E-state index is 13.3. The molecule has 2 aromatic carbocycles. The van der Waals surface area contributed by atoms with E-state index in [1.54, 1.807) is 50.2 Å². The van der Waals surface area contributed by atoms with Crippen LogP contribution in [-0.4, -0.2) is 30.1 Å². The third-order valence-corrected chi connectivity index (χ3v) is 6.88. The summed E-state index contributed by atoms with van der Waals surface area (Å²) in [7, 11) is -3.92. The van der Waals surface area contributed by atoms with Gasteiger partial charge in [-0.2, -0.15) is 0 Å². The average molecular weight is 414 g/mol. The zero-order valence-corrected chi connectivity index (χ0v) is 17.2. The fourth-order valence-electron chi connectivity index (χ4n) is 3.44. The van der Waals surface area contributed by atoms with Crippen LogP contribution in [0.5, 0.6) is 0 Å². The summed E-state index contributed by atoms with van der Waals surface area (Å²) in [4.78, 5) is 22.6. The van der Waals surface area contributed by atoms with Crippen molar-refractivity contribution in [1.82, 2.24) is 3.97 Å². The largest absolute Gasteiger partial charge is 0.303 e. The Morgan fingerprint density at radius 1 is 1.14 bits per heavy atom. The molecule has 8 heteroatoms. The monoisotopic (exact) mass is 414 g/mol. The normalized spacial score (nSPS) is 13.3. The second-order valence-electron chi connectivity index (χ2n) is 7.72. The Morgan fingerprint density at radius 3 is 2.34 bits per heavy atom. The molecule has 3 aromatic rings. The Bertz CT molecular complexity index is 1180. The van der Waals surface area contributed by atoms with E-state index in [4.69, 9.17) is 0 Å². The van der Waals surface area contributed by atoms with Gasteiger partial charge in [-0.3, -0.25) is 10.1 Å². The lowest BCUT2D eigenvalue weighted by molar-refractivity contribution is -0.485. The molecular weight excluding hydrogens is 392 g/mol. The van der Waals surface area contributed by atoms with E-state index < -0.39 is 32.8 Å². The predicted molar refractivity (Wildman–Crippen MR) is 110 cm³/mol. The number of rotatable bonds is 7. The van der Waals surface area contributed by atoms with E-state index in [9.17, 15) is 23.3 Å². The van der Waals surface area contributed by atoms with Crippen LogP contribution >= 0.6 is 0 Å². The first-order valence-corrected chi connectivity index (χ1v) is 10.5. The number of aryl methyl sites for hydroxylation is 1. The summed E-state index contributed by atoms with van der Waals surface area (Å²) in [5, 5.41) is 11.9. The Morgan fingerprint density at radius 2 is 1.76 bits per heavy atom. The summed E-state index contributed by atoms with van der Waals surface area (Å²) < 4.78 is 27.7. The van der Waals surface area contributed by atoms with E-state index in [1.807, 2.05) is 6.92 Å².